The maximum absolute atomic E-state index is 12.3. The summed E-state index contributed by atoms with van der Waals surface area (Å²) in [4.78, 5) is 22.8. The number of nitro benzene ring substituents is 1. The molecular formula is C17H18N4O7S. The van der Waals surface area contributed by atoms with E-state index in [4.69, 9.17) is 15.2 Å². The van der Waals surface area contributed by atoms with Crippen LogP contribution < -0.4 is 20.0 Å². The molecule has 0 aliphatic heterocycles. The SMILES string of the molecule is COc1cc(/C=N/NS(=O)(=O)c2ccc(C)c([N+](=O)[O-])c2)ccc1OCC(N)=O. The molecule has 2 rings (SSSR count). The zero-order chi connectivity index (χ0) is 21.6. The zero-order valence-electron chi connectivity index (χ0n) is 15.5. The van der Waals surface area contributed by atoms with E-state index in [2.05, 4.69) is 5.10 Å². The van der Waals surface area contributed by atoms with Gasteiger partial charge in [-0.2, -0.15) is 13.5 Å². The molecule has 0 aromatic heterocycles. The fraction of sp³-hybridized carbons (Fsp3) is 0.176. The van der Waals surface area contributed by atoms with Crippen molar-refractivity contribution in [3.63, 3.8) is 0 Å². The Labute approximate surface area is 166 Å². The number of hydrogen-bond acceptors (Lipinski definition) is 8. The van der Waals surface area contributed by atoms with E-state index >= 15 is 0 Å². The average Bonchev–Trinajstić information content (AvgIpc) is 2.66. The molecule has 0 bridgehead atoms. The van der Waals surface area contributed by atoms with Gasteiger partial charge in [0.2, 0.25) is 0 Å². The molecule has 1 amide bonds. The minimum absolute atomic E-state index is 0.274. The number of methoxy groups -OCH3 is 1. The molecule has 0 saturated carbocycles. The molecule has 0 aliphatic carbocycles. The van der Waals surface area contributed by atoms with Crippen molar-refractivity contribution in [3.05, 3.63) is 57.6 Å². The second kappa shape index (κ2) is 9.01. The zero-order valence-corrected chi connectivity index (χ0v) is 16.3. The monoisotopic (exact) mass is 422 g/mol. The summed E-state index contributed by atoms with van der Waals surface area (Å²) in [5.41, 5.74) is 5.51. The van der Waals surface area contributed by atoms with Crippen molar-refractivity contribution in [2.24, 2.45) is 10.8 Å². The first-order chi connectivity index (χ1) is 13.6. The summed E-state index contributed by atoms with van der Waals surface area (Å²) in [5.74, 6) is -0.0911. The van der Waals surface area contributed by atoms with Gasteiger partial charge in [0.1, 0.15) is 0 Å². The molecule has 154 valence electrons. The van der Waals surface area contributed by atoms with Gasteiger partial charge in [0.25, 0.3) is 21.6 Å². The second-order valence-electron chi connectivity index (χ2n) is 5.72. The van der Waals surface area contributed by atoms with Gasteiger partial charge < -0.3 is 15.2 Å². The molecule has 29 heavy (non-hydrogen) atoms. The molecule has 0 saturated heterocycles. The fourth-order valence-electron chi connectivity index (χ4n) is 2.21. The Morgan fingerprint density at radius 3 is 2.62 bits per heavy atom. The topological polar surface area (TPSA) is 163 Å². The number of aryl methyl sites for hydroxylation is 1. The molecule has 0 heterocycles. The summed E-state index contributed by atoms with van der Waals surface area (Å²) in [6.45, 7) is 1.18. The number of nitrogens with zero attached hydrogens (tertiary/aromatic N) is 2. The molecule has 2 aromatic carbocycles. The maximum Gasteiger partial charge on any atom is 0.276 e. The van der Waals surface area contributed by atoms with Crippen molar-refractivity contribution in [2.45, 2.75) is 11.8 Å². The second-order valence-corrected chi connectivity index (χ2v) is 7.38. The van der Waals surface area contributed by atoms with Crippen LogP contribution in [0.4, 0.5) is 5.69 Å². The van der Waals surface area contributed by atoms with E-state index in [0.717, 1.165) is 6.07 Å². The number of nitrogens with two attached hydrogens (primary N) is 1. The van der Waals surface area contributed by atoms with E-state index in [-0.39, 0.29) is 28.7 Å². The third kappa shape index (κ3) is 5.65. The summed E-state index contributed by atoms with van der Waals surface area (Å²) in [5, 5.41) is 14.6. The molecule has 0 spiro atoms. The number of amides is 1. The fourth-order valence-corrected chi connectivity index (χ4v) is 3.02. The van der Waals surface area contributed by atoms with E-state index < -0.39 is 20.9 Å². The van der Waals surface area contributed by atoms with Gasteiger partial charge in [0, 0.05) is 11.6 Å². The first-order valence-corrected chi connectivity index (χ1v) is 9.51. The molecule has 0 atom stereocenters. The van der Waals surface area contributed by atoms with Gasteiger partial charge in [-0.3, -0.25) is 14.9 Å². The molecule has 0 unspecified atom stereocenters. The summed E-state index contributed by atoms with van der Waals surface area (Å²) < 4.78 is 34.9. The lowest BCUT2D eigenvalue weighted by atomic mass is 10.2. The number of sulfonamides is 1. The van der Waals surface area contributed by atoms with Crippen LogP contribution >= 0.6 is 0 Å². The molecule has 0 fully saturated rings. The number of benzene rings is 2. The van der Waals surface area contributed by atoms with Crippen molar-refractivity contribution < 1.29 is 27.6 Å². The maximum atomic E-state index is 12.3. The largest absolute Gasteiger partial charge is 0.493 e. The number of nitrogens with one attached hydrogen (secondary N) is 1. The minimum atomic E-state index is -4.10. The van der Waals surface area contributed by atoms with Gasteiger partial charge >= 0.3 is 0 Å². The lowest BCUT2D eigenvalue weighted by Crippen LogP contribution is -2.20. The normalized spacial score (nSPS) is 11.2. The number of carbonyl (C=O) groups is 1. The molecule has 0 aliphatic rings. The highest BCUT2D eigenvalue weighted by Gasteiger charge is 2.19. The van der Waals surface area contributed by atoms with Gasteiger partial charge in [0.05, 0.1) is 23.1 Å². The Morgan fingerprint density at radius 1 is 1.28 bits per heavy atom. The molecule has 12 heteroatoms. The van der Waals surface area contributed by atoms with Crippen molar-refractivity contribution in [1.82, 2.24) is 4.83 Å². The Balaban J connectivity index is 2.17. The van der Waals surface area contributed by atoms with Crippen LogP contribution in [0.25, 0.3) is 0 Å². The predicted octanol–water partition coefficient (Wildman–Crippen LogP) is 1.09. The van der Waals surface area contributed by atoms with Crippen LogP contribution in [0.1, 0.15) is 11.1 Å². The smallest absolute Gasteiger partial charge is 0.276 e. The van der Waals surface area contributed by atoms with Crippen LogP contribution in [0.5, 0.6) is 11.5 Å². The summed E-state index contributed by atoms with van der Waals surface area (Å²) >= 11 is 0. The molecule has 11 nitrogen and oxygen atoms in total. The van der Waals surface area contributed by atoms with Gasteiger partial charge in [-0.1, -0.05) is 6.07 Å². The van der Waals surface area contributed by atoms with E-state index in [1.165, 1.54) is 44.5 Å². The Bertz CT molecular complexity index is 1070. The predicted molar refractivity (Wildman–Crippen MR) is 103 cm³/mol. The van der Waals surface area contributed by atoms with Crippen molar-refractivity contribution in [2.75, 3.05) is 13.7 Å². The lowest BCUT2D eigenvalue weighted by molar-refractivity contribution is -0.385. The van der Waals surface area contributed by atoms with Gasteiger partial charge in [-0.25, -0.2) is 4.83 Å². The number of rotatable bonds is 9. The summed E-state index contributed by atoms with van der Waals surface area (Å²) in [7, 11) is -2.72. The molecule has 2 aromatic rings. The van der Waals surface area contributed by atoms with Crippen molar-refractivity contribution in [1.29, 1.82) is 0 Å². The first-order valence-electron chi connectivity index (χ1n) is 8.03. The quantitative estimate of drug-likeness (QED) is 0.347. The summed E-state index contributed by atoms with van der Waals surface area (Å²) in [6, 6.07) is 8.10. The van der Waals surface area contributed by atoms with Gasteiger partial charge in [-0.05, 0) is 36.8 Å². The number of primary amides is 1. The molecule has 0 radical (unpaired) electrons. The molecule has 3 N–H and O–H groups in total. The van der Waals surface area contributed by atoms with Crippen LogP contribution in [-0.4, -0.2) is 39.2 Å². The number of ether oxygens (including phenoxy) is 2. The number of nitro groups is 1. The number of hydrogen-bond donors (Lipinski definition) is 2. The van der Waals surface area contributed by atoms with Gasteiger partial charge in [0.15, 0.2) is 18.1 Å². The first kappa shape index (κ1) is 21.6. The van der Waals surface area contributed by atoms with Crippen molar-refractivity contribution >= 4 is 27.8 Å². The highest BCUT2D eigenvalue weighted by molar-refractivity contribution is 7.89. The Kier molecular flexibility index (Phi) is 6.72. The third-order valence-electron chi connectivity index (χ3n) is 3.63. The highest BCUT2D eigenvalue weighted by Crippen LogP contribution is 2.27. The van der Waals surface area contributed by atoms with Crippen LogP contribution in [0.15, 0.2) is 46.4 Å². The third-order valence-corrected chi connectivity index (χ3v) is 4.85. The summed E-state index contributed by atoms with van der Waals surface area (Å²) in [6.07, 6.45) is 1.21. The Morgan fingerprint density at radius 2 is 2.00 bits per heavy atom. The Hall–Kier alpha value is -3.67. The van der Waals surface area contributed by atoms with Crippen LogP contribution in [0, 0.1) is 17.0 Å². The van der Waals surface area contributed by atoms with E-state index in [9.17, 15) is 23.3 Å². The van der Waals surface area contributed by atoms with Gasteiger partial charge in [-0.15, -0.1) is 0 Å². The van der Waals surface area contributed by atoms with E-state index in [1.807, 2.05) is 4.83 Å². The molecular weight excluding hydrogens is 404 g/mol. The minimum Gasteiger partial charge on any atom is -0.493 e. The van der Waals surface area contributed by atoms with Crippen LogP contribution in [-0.2, 0) is 14.8 Å². The average molecular weight is 422 g/mol. The van der Waals surface area contributed by atoms with Crippen LogP contribution in [0.2, 0.25) is 0 Å². The van der Waals surface area contributed by atoms with Crippen molar-refractivity contribution in [3.8, 4) is 11.5 Å². The highest BCUT2D eigenvalue weighted by atomic mass is 32.2. The van der Waals surface area contributed by atoms with E-state index in [0.29, 0.717) is 11.1 Å². The number of hydrazone groups is 1. The standard InChI is InChI=1S/C17H18N4O7S/c1-11-3-5-13(8-14(11)21(23)24)29(25,26)20-19-9-12-4-6-15(16(7-12)27-2)28-10-17(18)22/h3-9,20H,10H2,1-2H3,(H2,18,22)/b19-9+. The number of carbonyl (C=O) groups excluding carboxylic acids is 1. The lowest BCUT2D eigenvalue weighted by Gasteiger charge is -2.09. The van der Waals surface area contributed by atoms with E-state index in [1.54, 1.807) is 6.07 Å². The van der Waals surface area contributed by atoms with Crippen LogP contribution in [0.3, 0.4) is 0 Å².